The molecule has 1 aromatic carbocycles. The first-order valence-electron chi connectivity index (χ1n) is 6.85. The van der Waals surface area contributed by atoms with Crippen molar-refractivity contribution in [3.63, 3.8) is 0 Å². The van der Waals surface area contributed by atoms with Gasteiger partial charge in [-0.05, 0) is 37.5 Å². The highest BCUT2D eigenvalue weighted by Crippen LogP contribution is 2.22. The van der Waals surface area contributed by atoms with Crippen LogP contribution in [0.4, 0.5) is 5.69 Å². The smallest absolute Gasteiger partial charge is 0.254 e. The molecule has 1 aromatic rings. The summed E-state index contributed by atoms with van der Waals surface area (Å²) >= 11 is 0. The van der Waals surface area contributed by atoms with Gasteiger partial charge in [-0.2, -0.15) is 0 Å². The number of rotatable bonds is 3. The molecule has 3 N–H and O–H groups in total. The van der Waals surface area contributed by atoms with Crippen LogP contribution in [0, 0.1) is 0 Å². The van der Waals surface area contributed by atoms with Crippen LogP contribution in [0.1, 0.15) is 29.6 Å². The van der Waals surface area contributed by atoms with E-state index in [-0.39, 0.29) is 34.7 Å². The van der Waals surface area contributed by atoms with Crippen LogP contribution in [0.3, 0.4) is 0 Å². The lowest BCUT2D eigenvalue weighted by atomic mass is 10.0. The predicted octanol–water partition coefficient (Wildman–Crippen LogP) is 0.659. The molecular formula is C14H20N2O4S. The molecule has 1 fully saturated rings. The van der Waals surface area contributed by atoms with Gasteiger partial charge in [-0.3, -0.25) is 4.79 Å². The van der Waals surface area contributed by atoms with Crippen molar-refractivity contribution in [1.29, 1.82) is 0 Å². The highest BCUT2D eigenvalue weighted by Gasteiger charge is 2.27. The summed E-state index contributed by atoms with van der Waals surface area (Å²) in [5.41, 5.74) is 6.19. The Balaban J connectivity index is 2.37. The Hall–Kier alpha value is -1.60. The van der Waals surface area contributed by atoms with Gasteiger partial charge in [0.1, 0.15) is 0 Å². The minimum absolute atomic E-state index is 0.0309. The molecule has 1 atom stereocenters. The Morgan fingerprint density at radius 3 is 2.71 bits per heavy atom. The summed E-state index contributed by atoms with van der Waals surface area (Å²) < 4.78 is 23.3. The summed E-state index contributed by atoms with van der Waals surface area (Å²) in [6.45, 7) is 0.472. The zero-order valence-corrected chi connectivity index (χ0v) is 12.8. The Kier molecular flexibility index (Phi) is 4.53. The number of piperidine rings is 1. The molecule has 0 aromatic heterocycles. The Labute approximate surface area is 124 Å². The molecule has 2 rings (SSSR count). The first-order valence-corrected chi connectivity index (χ1v) is 8.74. The van der Waals surface area contributed by atoms with E-state index in [1.807, 2.05) is 0 Å². The number of amides is 1. The molecule has 0 bridgehead atoms. The van der Waals surface area contributed by atoms with Crippen molar-refractivity contribution >= 4 is 21.4 Å². The number of aliphatic hydroxyl groups excluding tert-OH is 1. The number of benzene rings is 1. The normalized spacial score (nSPS) is 19.5. The number of anilines is 1. The first-order chi connectivity index (χ1) is 9.82. The molecule has 1 aliphatic heterocycles. The lowest BCUT2D eigenvalue weighted by Crippen LogP contribution is -2.45. The summed E-state index contributed by atoms with van der Waals surface area (Å²) in [5, 5.41) is 9.38. The number of carbonyl (C=O) groups is 1. The van der Waals surface area contributed by atoms with Crippen LogP contribution in [-0.2, 0) is 9.84 Å². The third kappa shape index (κ3) is 3.54. The second kappa shape index (κ2) is 6.03. The molecule has 0 saturated carbocycles. The lowest BCUT2D eigenvalue weighted by molar-refractivity contribution is 0.0503. The van der Waals surface area contributed by atoms with E-state index >= 15 is 0 Å². The average Bonchev–Trinajstić information content (AvgIpc) is 2.45. The van der Waals surface area contributed by atoms with E-state index in [0.29, 0.717) is 6.54 Å². The average molecular weight is 312 g/mol. The van der Waals surface area contributed by atoms with Crippen molar-refractivity contribution in [3.8, 4) is 0 Å². The van der Waals surface area contributed by atoms with Gasteiger partial charge in [0.05, 0.1) is 17.5 Å². The number of nitrogens with zero attached hydrogens (tertiary/aromatic N) is 1. The van der Waals surface area contributed by atoms with Crippen molar-refractivity contribution in [2.45, 2.75) is 30.2 Å². The van der Waals surface area contributed by atoms with Gasteiger partial charge >= 0.3 is 0 Å². The van der Waals surface area contributed by atoms with E-state index in [1.54, 1.807) is 4.90 Å². The molecule has 1 aliphatic rings. The van der Waals surface area contributed by atoms with Gasteiger partial charge in [0.2, 0.25) is 0 Å². The Morgan fingerprint density at radius 2 is 2.10 bits per heavy atom. The number of hydrogen-bond acceptors (Lipinski definition) is 5. The Morgan fingerprint density at radius 1 is 1.38 bits per heavy atom. The second-order valence-corrected chi connectivity index (χ2v) is 7.41. The van der Waals surface area contributed by atoms with Crippen LogP contribution >= 0.6 is 0 Å². The van der Waals surface area contributed by atoms with Gasteiger partial charge in [0, 0.05) is 24.1 Å². The van der Waals surface area contributed by atoms with E-state index in [0.717, 1.165) is 25.5 Å². The van der Waals surface area contributed by atoms with Crippen molar-refractivity contribution in [1.82, 2.24) is 4.90 Å². The molecule has 116 valence electrons. The zero-order valence-electron chi connectivity index (χ0n) is 11.9. The van der Waals surface area contributed by atoms with Crippen molar-refractivity contribution in [2.24, 2.45) is 0 Å². The third-order valence-corrected chi connectivity index (χ3v) is 4.79. The fourth-order valence-electron chi connectivity index (χ4n) is 2.58. The molecule has 1 heterocycles. The molecule has 1 unspecified atom stereocenters. The maximum atomic E-state index is 12.6. The molecule has 1 saturated heterocycles. The highest BCUT2D eigenvalue weighted by atomic mass is 32.2. The predicted molar refractivity (Wildman–Crippen MR) is 79.7 cm³/mol. The summed E-state index contributed by atoms with van der Waals surface area (Å²) in [5.74, 6) is -0.286. The van der Waals surface area contributed by atoms with Crippen LogP contribution in [0.25, 0.3) is 0 Å². The molecule has 0 aliphatic carbocycles. The summed E-state index contributed by atoms with van der Waals surface area (Å²) in [6.07, 6.45) is 3.68. The van der Waals surface area contributed by atoms with Crippen LogP contribution in [0.5, 0.6) is 0 Å². The fraction of sp³-hybridized carbons (Fsp3) is 0.500. The molecule has 1 amide bonds. The molecule has 21 heavy (non-hydrogen) atoms. The van der Waals surface area contributed by atoms with E-state index in [1.165, 1.54) is 18.2 Å². The van der Waals surface area contributed by atoms with Gasteiger partial charge in [-0.1, -0.05) is 0 Å². The topological polar surface area (TPSA) is 101 Å². The van der Waals surface area contributed by atoms with Crippen LogP contribution in [0.2, 0.25) is 0 Å². The van der Waals surface area contributed by atoms with Gasteiger partial charge in [-0.15, -0.1) is 0 Å². The quantitative estimate of drug-likeness (QED) is 0.799. The minimum Gasteiger partial charge on any atom is -0.399 e. The first kappa shape index (κ1) is 15.8. The SMILES string of the molecule is CS(=O)(=O)c1cc(N)cc(C(=O)N2CCCCC2CO)c1. The largest absolute Gasteiger partial charge is 0.399 e. The number of nitrogens with two attached hydrogens (primary N) is 1. The van der Waals surface area contributed by atoms with Gasteiger partial charge < -0.3 is 15.7 Å². The molecule has 6 nitrogen and oxygen atoms in total. The van der Waals surface area contributed by atoms with E-state index in [2.05, 4.69) is 0 Å². The van der Waals surface area contributed by atoms with Crippen molar-refractivity contribution < 1.29 is 18.3 Å². The maximum Gasteiger partial charge on any atom is 0.254 e. The van der Waals surface area contributed by atoms with Gasteiger partial charge in [0.25, 0.3) is 5.91 Å². The molecule has 0 spiro atoms. The second-order valence-electron chi connectivity index (χ2n) is 5.39. The summed E-state index contributed by atoms with van der Waals surface area (Å²) in [7, 11) is -3.43. The van der Waals surface area contributed by atoms with Crippen LogP contribution in [0.15, 0.2) is 23.1 Å². The zero-order chi connectivity index (χ0) is 15.6. The fourth-order valence-corrected chi connectivity index (χ4v) is 3.27. The van der Waals surface area contributed by atoms with Crippen LogP contribution < -0.4 is 5.73 Å². The number of likely N-dealkylation sites (tertiary alicyclic amines) is 1. The Bertz CT molecular complexity index is 642. The van der Waals surface area contributed by atoms with E-state index < -0.39 is 9.84 Å². The standard InChI is InChI=1S/C14H20N2O4S/c1-21(19,20)13-7-10(6-11(15)8-13)14(18)16-5-3-2-4-12(16)9-17/h6-8,12,17H,2-5,9,15H2,1H3. The summed E-state index contributed by atoms with van der Waals surface area (Å²) in [4.78, 5) is 14.2. The number of aliphatic hydroxyl groups is 1. The highest BCUT2D eigenvalue weighted by molar-refractivity contribution is 7.90. The van der Waals surface area contributed by atoms with Crippen LogP contribution in [-0.4, -0.2) is 49.8 Å². The third-order valence-electron chi connectivity index (χ3n) is 3.70. The summed E-state index contributed by atoms with van der Waals surface area (Å²) in [6, 6.07) is 3.94. The van der Waals surface area contributed by atoms with Gasteiger partial charge in [0.15, 0.2) is 9.84 Å². The molecule has 7 heteroatoms. The molecule has 0 radical (unpaired) electrons. The van der Waals surface area contributed by atoms with E-state index in [9.17, 15) is 18.3 Å². The number of nitrogen functional groups attached to an aromatic ring is 1. The lowest BCUT2D eigenvalue weighted by Gasteiger charge is -2.34. The van der Waals surface area contributed by atoms with Crippen molar-refractivity contribution in [2.75, 3.05) is 25.1 Å². The number of hydrogen-bond donors (Lipinski definition) is 2. The van der Waals surface area contributed by atoms with Gasteiger partial charge in [-0.25, -0.2) is 8.42 Å². The minimum atomic E-state index is -3.43. The number of carbonyl (C=O) groups excluding carboxylic acids is 1. The monoisotopic (exact) mass is 312 g/mol. The number of sulfone groups is 1. The van der Waals surface area contributed by atoms with Crippen molar-refractivity contribution in [3.05, 3.63) is 23.8 Å². The van der Waals surface area contributed by atoms with E-state index in [4.69, 9.17) is 5.73 Å². The maximum absolute atomic E-state index is 12.6. The molecular weight excluding hydrogens is 292 g/mol.